The summed E-state index contributed by atoms with van der Waals surface area (Å²) in [6.45, 7) is 10.9. The molecule has 0 bridgehead atoms. The maximum Gasteiger partial charge on any atom is 0.229 e. The van der Waals surface area contributed by atoms with Gasteiger partial charge in [-0.15, -0.1) is 0 Å². The Morgan fingerprint density at radius 1 is 1.24 bits per heavy atom. The number of nitrogens with zero attached hydrogens (tertiary/aromatic N) is 2. The second kappa shape index (κ2) is 8.11. The summed E-state index contributed by atoms with van der Waals surface area (Å²) in [4.78, 5) is 17.2. The molecule has 0 aliphatic carbocycles. The molecule has 0 aromatic carbocycles. The van der Waals surface area contributed by atoms with Crippen molar-refractivity contribution in [2.24, 2.45) is 11.8 Å². The van der Waals surface area contributed by atoms with Crippen LogP contribution in [0.5, 0.6) is 0 Å². The van der Waals surface area contributed by atoms with Crippen molar-refractivity contribution in [2.45, 2.75) is 32.7 Å². The zero-order valence-electron chi connectivity index (χ0n) is 13.8. The summed E-state index contributed by atoms with van der Waals surface area (Å²) in [5.41, 5.74) is 0. The monoisotopic (exact) mass is 297 g/mol. The van der Waals surface area contributed by atoms with E-state index in [2.05, 4.69) is 29.0 Å². The number of piperidine rings is 1. The number of nitrogens with one attached hydrogen (secondary N) is 1. The Hall–Kier alpha value is -0.650. The Kier molecular flexibility index (Phi) is 6.45. The average molecular weight is 297 g/mol. The van der Waals surface area contributed by atoms with E-state index in [1.807, 2.05) is 7.05 Å². The first-order chi connectivity index (χ1) is 10.2. The number of likely N-dealkylation sites (N-methyl/N-ethyl adjacent to an activating group) is 1. The lowest BCUT2D eigenvalue weighted by Gasteiger charge is -2.36. The van der Waals surface area contributed by atoms with Crippen molar-refractivity contribution in [3.05, 3.63) is 0 Å². The summed E-state index contributed by atoms with van der Waals surface area (Å²) in [5, 5.41) is 3.20. The predicted molar refractivity (Wildman–Crippen MR) is 84.2 cm³/mol. The number of hydrogen-bond acceptors (Lipinski definition) is 4. The lowest BCUT2D eigenvalue weighted by atomic mass is 9.94. The highest BCUT2D eigenvalue weighted by atomic mass is 16.5. The van der Waals surface area contributed by atoms with Crippen molar-refractivity contribution in [3.63, 3.8) is 0 Å². The summed E-state index contributed by atoms with van der Waals surface area (Å²) in [6.07, 6.45) is 2.28. The van der Waals surface area contributed by atoms with Gasteiger partial charge in [-0.1, -0.05) is 13.8 Å². The second-order valence-electron chi connectivity index (χ2n) is 6.29. The summed E-state index contributed by atoms with van der Waals surface area (Å²) in [7, 11) is 1.91. The van der Waals surface area contributed by atoms with E-state index in [4.69, 9.17) is 4.74 Å². The van der Waals surface area contributed by atoms with Crippen molar-refractivity contribution in [1.82, 2.24) is 15.1 Å². The summed E-state index contributed by atoms with van der Waals surface area (Å²) in [6, 6.07) is 0.186. The van der Waals surface area contributed by atoms with Gasteiger partial charge in [-0.3, -0.25) is 4.79 Å². The predicted octanol–water partition coefficient (Wildman–Crippen LogP) is 0.801. The molecule has 2 fully saturated rings. The molecule has 0 aromatic rings. The van der Waals surface area contributed by atoms with Gasteiger partial charge in [-0.2, -0.15) is 0 Å². The first-order valence-corrected chi connectivity index (χ1v) is 8.45. The fourth-order valence-electron chi connectivity index (χ4n) is 3.50. The van der Waals surface area contributed by atoms with Gasteiger partial charge in [0.25, 0.3) is 0 Å². The molecule has 1 amide bonds. The molecular weight excluding hydrogens is 266 g/mol. The van der Waals surface area contributed by atoms with Gasteiger partial charge in [0.05, 0.1) is 19.1 Å². The van der Waals surface area contributed by atoms with Crippen LogP contribution in [0.3, 0.4) is 0 Å². The Bertz CT molecular complexity index is 325. The minimum absolute atomic E-state index is 0.00864. The fourth-order valence-corrected chi connectivity index (χ4v) is 3.50. The van der Waals surface area contributed by atoms with Crippen molar-refractivity contribution in [3.8, 4) is 0 Å². The molecule has 1 N–H and O–H groups in total. The quantitative estimate of drug-likeness (QED) is 0.788. The topological polar surface area (TPSA) is 44.8 Å². The normalized spacial score (nSPS) is 27.5. The molecule has 2 aliphatic heterocycles. The van der Waals surface area contributed by atoms with Crippen molar-refractivity contribution < 1.29 is 9.53 Å². The maximum atomic E-state index is 12.6. The Balaban J connectivity index is 1.79. The molecule has 0 saturated carbocycles. The molecule has 2 saturated heterocycles. The van der Waals surface area contributed by atoms with Gasteiger partial charge in [0.2, 0.25) is 5.91 Å². The number of hydrogen-bond donors (Lipinski definition) is 1. The smallest absolute Gasteiger partial charge is 0.229 e. The second-order valence-corrected chi connectivity index (χ2v) is 6.29. The highest BCUT2D eigenvalue weighted by Crippen LogP contribution is 2.23. The van der Waals surface area contributed by atoms with Crippen molar-refractivity contribution in [1.29, 1.82) is 0 Å². The van der Waals surface area contributed by atoms with E-state index in [-0.39, 0.29) is 17.9 Å². The molecule has 122 valence electrons. The summed E-state index contributed by atoms with van der Waals surface area (Å²) in [5.74, 6) is 1.04. The minimum Gasteiger partial charge on any atom is -0.379 e. The molecule has 2 atom stereocenters. The highest BCUT2D eigenvalue weighted by Gasteiger charge is 2.36. The van der Waals surface area contributed by atoms with Crippen molar-refractivity contribution in [2.75, 3.05) is 53.0 Å². The molecule has 2 heterocycles. The largest absolute Gasteiger partial charge is 0.379 e. The van der Waals surface area contributed by atoms with Crippen LogP contribution in [0.1, 0.15) is 26.7 Å². The van der Waals surface area contributed by atoms with Gasteiger partial charge < -0.3 is 19.9 Å². The number of amides is 1. The molecule has 0 aromatic heterocycles. The van der Waals surface area contributed by atoms with Crippen LogP contribution in [0.25, 0.3) is 0 Å². The zero-order chi connectivity index (χ0) is 15.2. The Labute approximate surface area is 129 Å². The number of carbonyl (C=O) groups excluding carboxylic acids is 1. The van der Waals surface area contributed by atoms with E-state index in [1.54, 1.807) is 0 Å². The molecule has 0 radical (unpaired) electrons. The van der Waals surface area contributed by atoms with Crippen LogP contribution in [0, 0.1) is 11.8 Å². The number of rotatable bonds is 6. The molecule has 5 heteroatoms. The summed E-state index contributed by atoms with van der Waals surface area (Å²) < 4.78 is 5.46. The third-order valence-corrected chi connectivity index (χ3v) is 5.11. The van der Waals surface area contributed by atoms with E-state index in [0.29, 0.717) is 13.2 Å². The molecule has 21 heavy (non-hydrogen) atoms. The van der Waals surface area contributed by atoms with Gasteiger partial charge in [-0.05, 0) is 38.9 Å². The van der Waals surface area contributed by atoms with Gasteiger partial charge in [0, 0.05) is 25.7 Å². The first kappa shape index (κ1) is 16.7. The van der Waals surface area contributed by atoms with Crippen LogP contribution >= 0.6 is 0 Å². The third-order valence-electron chi connectivity index (χ3n) is 5.11. The van der Waals surface area contributed by atoms with E-state index < -0.39 is 0 Å². The van der Waals surface area contributed by atoms with Crippen LogP contribution < -0.4 is 5.32 Å². The van der Waals surface area contributed by atoms with E-state index >= 15 is 0 Å². The summed E-state index contributed by atoms with van der Waals surface area (Å²) >= 11 is 0. The number of carbonyl (C=O) groups is 1. The van der Waals surface area contributed by atoms with E-state index in [1.165, 1.54) is 6.54 Å². The standard InChI is InChI=1S/C16H31N3O2/c1-4-18(5-2)10-13-6-8-19(9-7-13)16(20)14-11-21-12-15(14)17-3/h13-15,17H,4-12H2,1-3H3. The van der Waals surface area contributed by atoms with Gasteiger partial charge >= 0.3 is 0 Å². The van der Waals surface area contributed by atoms with Gasteiger partial charge in [0.1, 0.15) is 0 Å². The lowest BCUT2D eigenvalue weighted by molar-refractivity contribution is -0.137. The van der Waals surface area contributed by atoms with Crippen LogP contribution in [0.4, 0.5) is 0 Å². The van der Waals surface area contributed by atoms with E-state index in [9.17, 15) is 4.79 Å². The maximum absolute atomic E-state index is 12.6. The average Bonchev–Trinajstić information content (AvgIpc) is 3.01. The zero-order valence-corrected chi connectivity index (χ0v) is 13.8. The van der Waals surface area contributed by atoms with Crippen LogP contribution in [-0.2, 0) is 9.53 Å². The Morgan fingerprint density at radius 2 is 1.90 bits per heavy atom. The van der Waals surface area contributed by atoms with E-state index in [0.717, 1.165) is 44.9 Å². The fraction of sp³-hybridized carbons (Fsp3) is 0.938. The van der Waals surface area contributed by atoms with Gasteiger partial charge in [0.15, 0.2) is 0 Å². The molecule has 2 aliphatic rings. The highest BCUT2D eigenvalue weighted by molar-refractivity contribution is 5.80. The number of ether oxygens (including phenoxy) is 1. The minimum atomic E-state index is 0.00864. The molecule has 5 nitrogen and oxygen atoms in total. The van der Waals surface area contributed by atoms with Crippen LogP contribution in [0.15, 0.2) is 0 Å². The SMILES string of the molecule is CCN(CC)CC1CCN(C(=O)C2COCC2NC)CC1. The molecule has 0 spiro atoms. The third kappa shape index (κ3) is 4.18. The van der Waals surface area contributed by atoms with Crippen LogP contribution in [-0.4, -0.2) is 74.7 Å². The Morgan fingerprint density at radius 3 is 2.48 bits per heavy atom. The number of likely N-dealkylation sites (tertiary alicyclic amines) is 1. The molecule has 2 unspecified atom stereocenters. The lowest BCUT2D eigenvalue weighted by Crippen LogP contribution is -2.48. The first-order valence-electron chi connectivity index (χ1n) is 8.45. The van der Waals surface area contributed by atoms with Gasteiger partial charge in [-0.25, -0.2) is 0 Å². The molecule has 2 rings (SSSR count). The van der Waals surface area contributed by atoms with Crippen LogP contribution in [0.2, 0.25) is 0 Å². The molecular formula is C16H31N3O2. The van der Waals surface area contributed by atoms with Crippen molar-refractivity contribution >= 4 is 5.91 Å².